The van der Waals surface area contributed by atoms with Gasteiger partial charge in [0, 0.05) is 5.39 Å². The van der Waals surface area contributed by atoms with Crippen LogP contribution in [-0.2, 0) is 9.84 Å². The summed E-state index contributed by atoms with van der Waals surface area (Å²) >= 11 is 0. The normalized spacial score (nSPS) is 11.7. The highest BCUT2D eigenvalue weighted by atomic mass is 32.2. The van der Waals surface area contributed by atoms with Crippen molar-refractivity contribution in [1.82, 2.24) is 0 Å². The van der Waals surface area contributed by atoms with Gasteiger partial charge in [-0.05, 0) is 42.8 Å². The molecule has 22 heavy (non-hydrogen) atoms. The fourth-order valence-corrected chi connectivity index (χ4v) is 3.52. The number of para-hydroxylation sites is 1. The Kier molecular flexibility index (Phi) is 3.33. The van der Waals surface area contributed by atoms with E-state index >= 15 is 0 Å². The van der Waals surface area contributed by atoms with E-state index in [1.165, 1.54) is 19.1 Å². The number of sulfone groups is 1. The van der Waals surface area contributed by atoms with Crippen molar-refractivity contribution in [2.24, 2.45) is 0 Å². The Balaban J connectivity index is 2.26. The van der Waals surface area contributed by atoms with Crippen LogP contribution in [0.25, 0.3) is 11.0 Å². The Morgan fingerprint density at radius 3 is 2.50 bits per heavy atom. The lowest BCUT2D eigenvalue weighted by molar-refractivity contribution is 0.532. The van der Waals surface area contributed by atoms with E-state index in [2.05, 4.69) is 0 Å². The van der Waals surface area contributed by atoms with Gasteiger partial charge in [-0.15, -0.1) is 0 Å². The summed E-state index contributed by atoms with van der Waals surface area (Å²) in [7, 11) is -4.07. The van der Waals surface area contributed by atoms with Crippen LogP contribution < -0.4 is 5.63 Å². The minimum atomic E-state index is -4.07. The lowest BCUT2D eigenvalue weighted by Gasteiger charge is -2.06. The van der Waals surface area contributed by atoms with Crippen LogP contribution in [0.4, 0.5) is 4.39 Å². The Labute approximate surface area is 125 Å². The van der Waals surface area contributed by atoms with Crippen molar-refractivity contribution in [1.29, 1.82) is 0 Å². The molecule has 0 N–H and O–H groups in total. The summed E-state index contributed by atoms with van der Waals surface area (Å²) in [6.45, 7) is 1.46. The molecule has 0 aliphatic heterocycles. The van der Waals surface area contributed by atoms with Gasteiger partial charge in [-0.25, -0.2) is 17.6 Å². The van der Waals surface area contributed by atoms with Crippen LogP contribution in [0.15, 0.2) is 67.5 Å². The lowest BCUT2D eigenvalue weighted by Crippen LogP contribution is -2.14. The molecule has 112 valence electrons. The van der Waals surface area contributed by atoms with Crippen LogP contribution in [0.5, 0.6) is 0 Å². The molecule has 2 aromatic carbocycles. The van der Waals surface area contributed by atoms with E-state index in [0.717, 1.165) is 12.1 Å². The maximum Gasteiger partial charge on any atom is 0.355 e. The van der Waals surface area contributed by atoms with Gasteiger partial charge in [0.25, 0.3) is 0 Å². The van der Waals surface area contributed by atoms with Gasteiger partial charge in [-0.1, -0.05) is 18.2 Å². The molecule has 0 atom stereocenters. The van der Waals surface area contributed by atoms with Crippen molar-refractivity contribution >= 4 is 20.8 Å². The van der Waals surface area contributed by atoms with Crippen LogP contribution in [0.2, 0.25) is 0 Å². The predicted molar refractivity (Wildman–Crippen MR) is 79.1 cm³/mol. The first-order chi connectivity index (χ1) is 10.4. The minimum absolute atomic E-state index is 0.144. The summed E-state index contributed by atoms with van der Waals surface area (Å²) in [4.78, 5) is 11.4. The van der Waals surface area contributed by atoms with E-state index in [4.69, 9.17) is 4.42 Å². The summed E-state index contributed by atoms with van der Waals surface area (Å²) < 4.78 is 43.5. The van der Waals surface area contributed by atoms with Crippen molar-refractivity contribution in [3.05, 3.63) is 70.3 Å². The zero-order valence-corrected chi connectivity index (χ0v) is 12.4. The maximum atomic E-state index is 13.3. The molecular weight excluding hydrogens is 307 g/mol. The quantitative estimate of drug-likeness (QED) is 0.538. The highest BCUT2D eigenvalue weighted by Crippen LogP contribution is 2.23. The predicted octanol–water partition coefficient (Wildman–Crippen LogP) is 3.07. The van der Waals surface area contributed by atoms with Gasteiger partial charge in [0.15, 0.2) is 4.90 Å². The third-order valence-electron chi connectivity index (χ3n) is 3.34. The number of aryl methyl sites for hydroxylation is 1. The van der Waals surface area contributed by atoms with Crippen molar-refractivity contribution in [3.63, 3.8) is 0 Å². The monoisotopic (exact) mass is 318 g/mol. The Morgan fingerprint density at radius 1 is 1.05 bits per heavy atom. The molecule has 4 nitrogen and oxygen atoms in total. The summed E-state index contributed by atoms with van der Waals surface area (Å²) in [5, 5.41) is 0.500. The Bertz CT molecular complexity index is 1040. The molecule has 6 heteroatoms. The largest absolute Gasteiger partial charge is 0.422 e. The molecule has 1 aromatic heterocycles. The van der Waals surface area contributed by atoms with Crippen LogP contribution in [0.1, 0.15) is 5.56 Å². The second-order valence-electron chi connectivity index (χ2n) is 4.85. The molecule has 0 spiro atoms. The number of rotatable bonds is 2. The third-order valence-corrected chi connectivity index (χ3v) is 5.08. The zero-order chi connectivity index (χ0) is 15.9. The number of hydrogen-bond acceptors (Lipinski definition) is 4. The topological polar surface area (TPSA) is 64.3 Å². The highest BCUT2D eigenvalue weighted by Gasteiger charge is 2.23. The first kappa shape index (κ1) is 14.5. The van der Waals surface area contributed by atoms with Gasteiger partial charge >= 0.3 is 5.63 Å². The number of hydrogen-bond donors (Lipinski definition) is 0. The number of fused-ring (bicyclic) bond motifs is 1. The molecule has 0 aliphatic rings. The molecule has 0 fully saturated rings. The average molecular weight is 318 g/mol. The van der Waals surface area contributed by atoms with E-state index in [0.29, 0.717) is 11.0 Å². The second-order valence-corrected chi connectivity index (χ2v) is 6.77. The molecule has 0 unspecified atom stereocenters. The van der Waals surface area contributed by atoms with E-state index in [1.807, 2.05) is 0 Å². The SMILES string of the molecule is Cc1cc(S(=O)(=O)c2cc3ccccc3oc2=O)ccc1F. The number of halogens is 1. The fraction of sp³-hybridized carbons (Fsp3) is 0.0625. The van der Waals surface area contributed by atoms with Gasteiger partial charge in [-0.3, -0.25) is 0 Å². The van der Waals surface area contributed by atoms with E-state index in [-0.39, 0.29) is 10.5 Å². The molecule has 0 bridgehead atoms. The van der Waals surface area contributed by atoms with Gasteiger partial charge in [-0.2, -0.15) is 0 Å². The molecule has 3 rings (SSSR count). The van der Waals surface area contributed by atoms with Crippen molar-refractivity contribution in [3.8, 4) is 0 Å². The van der Waals surface area contributed by atoms with Gasteiger partial charge in [0.05, 0.1) is 4.90 Å². The van der Waals surface area contributed by atoms with Crippen molar-refractivity contribution in [2.75, 3.05) is 0 Å². The van der Waals surface area contributed by atoms with Crippen LogP contribution in [0, 0.1) is 12.7 Å². The summed E-state index contributed by atoms with van der Waals surface area (Å²) in [5.41, 5.74) is -0.450. The van der Waals surface area contributed by atoms with Crippen molar-refractivity contribution in [2.45, 2.75) is 16.7 Å². The van der Waals surface area contributed by atoms with Gasteiger partial charge in [0.2, 0.25) is 9.84 Å². The molecule has 3 aromatic rings. The molecular formula is C16H11FO4S. The lowest BCUT2D eigenvalue weighted by atomic mass is 10.2. The van der Waals surface area contributed by atoms with Crippen LogP contribution in [0.3, 0.4) is 0 Å². The summed E-state index contributed by atoms with van der Waals surface area (Å²) in [6, 6.07) is 11.3. The molecule has 0 radical (unpaired) electrons. The van der Waals surface area contributed by atoms with E-state index in [1.54, 1.807) is 24.3 Å². The fourth-order valence-electron chi connectivity index (χ4n) is 2.14. The third kappa shape index (κ3) is 2.31. The van der Waals surface area contributed by atoms with Gasteiger partial charge < -0.3 is 4.42 Å². The molecule has 0 amide bonds. The van der Waals surface area contributed by atoms with E-state index < -0.39 is 26.2 Å². The Morgan fingerprint density at radius 2 is 1.77 bits per heavy atom. The average Bonchev–Trinajstić information content (AvgIpc) is 2.49. The van der Waals surface area contributed by atoms with E-state index in [9.17, 15) is 17.6 Å². The zero-order valence-electron chi connectivity index (χ0n) is 11.5. The maximum absolute atomic E-state index is 13.3. The molecule has 0 saturated carbocycles. The summed E-state index contributed by atoms with van der Waals surface area (Å²) in [6.07, 6.45) is 0. The number of benzene rings is 2. The highest BCUT2D eigenvalue weighted by molar-refractivity contribution is 7.91. The molecule has 0 saturated heterocycles. The van der Waals surface area contributed by atoms with Crippen molar-refractivity contribution < 1.29 is 17.2 Å². The van der Waals surface area contributed by atoms with Gasteiger partial charge in [0.1, 0.15) is 11.4 Å². The first-order valence-corrected chi connectivity index (χ1v) is 7.92. The smallest absolute Gasteiger partial charge is 0.355 e. The Hall–Kier alpha value is -2.47. The van der Waals surface area contributed by atoms with Crippen LogP contribution in [-0.4, -0.2) is 8.42 Å². The first-order valence-electron chi connectivity index (χ1n) is 6.44. The molecule has 1 heterocycles. The minimum Gasteiger partial charge on any atom is -0.422 e. The van der Waals surface area contributed by atoms with Crippen LogP contribution >= 0.6 is 0 Å². The molecule has 0 aliphatic carbocycles. The standard InChI is InChI=1S/C16H11FO4S/c1-10-8-12(6-7-13(10)17)22(19,20)15-9-11-4-2-3-5-14(11)21-16(15)18/h2-9H,1H3. The summed E-state index contributed by atoms with van der Waals surface area (Å²) in [5.74, 6) is -0.510. The second kappa shape index (κ2) is 5.06.